The molecule has 0 saturated carbocycles. The lowest BCUT2D eigenvalue weighted by atomic mass is 10.2. The van der Waals surface area contributed by atoms with Gasteiger partial charge in [-0.15, -0.1) is 0 Å². The molecule has 3 aromatic heterocycles. The van der Waals surface area contributed by atoms with Crippen molar-refractivity contribution in [3.63, 3.8) is 0 Å². The Morgan fingerprint density at radius 1 is 0.897 bits per heavy atom. The van der Waals surface area contributed by atoms with Crippen molar-refractivity contribution in [3.05, 3.63) is 66.4 Å². The van der Waals surface area contributed by atoms with E-state index in [1.165, 1.54) is 27.5 Å². The third-order valence-corrected chi connectivity index (χ3v) is 7.88. The molecule has 0 saturated heterocycles. The summed E-state index contributed by atoms with van der Waals surface area (Å²) in [7, 11) is 2.18. The molecular formula is C26H31N7O5S. The van der Waals surface area contributed by atoms with Crippen LogP contribution in [0.3, 0.4) is 0 Å². The smallest absolute Gasteiger partial charge is 0.239 e. The number of nitrogens with zero attached hydrogens (tertiary/aromatic N) is 5. The molecule has 3 heterocycles. The molecule has 0 aliphatic heterocycles. The van der Waals surface area contributed by atoms with Gasteiger partial charge in [-0.2, -0.15) is 0 Å². The summed E-state index contributed by atoms with van der Waals surface area (Å²) in [4.78, 5) is 17.6. The molecule has 0 radical (unpaired) electrons. The Kier molecular flexibility index (Phi) is 8.31. The number of nitrogens with one attached hydrogen (secondary N) is 2. The highest BCUT2D eigenvalue weighted by molar-refractivity contribution is 7.93. The third kappa shape index (κ3) is 5.64. The number of methoxy groups -OCH3 is 3. The summed E-state index contributed by atoms with van der Waals surface area (Å²) < 4.78 is 48.3. The van der Waals surface area contributed by atoms with Crippen molar-refractivity contribution in [2.24, 2.45) is 0 Å². The molecule has 12 nitrogen and oxygen atoms in total. The molecule has 0 unspecified atom stereocenters. The molecule has 0 aliphatic rings. The van der Waals surface area contributed by atoms with Crippen molar-refractivity contribution in [1.29, 1.82) is 0 Å². The average molecular weight is 554 g/mol. The van der Waals surface area contributed by atoms with Crippen molar-refractivity contribution in [2.45, 2.75) is 25.1 Å². The second-order valence-corrected chi connectivity index (χ2v) is 10.7. The van der Waals surface area contributed by atoms with E-state index in [0.29, 0.717) is 40.3 Å². The number of aryl methyl sites for hydroxylation is 1. The number of aromatic nitrogens is 5. The quantitative estimate of drug-likeness (QED) is 0.284. The van der Waals surface area contributed by atoms with Crippen LogP contribution in [0.1, 0.15) is 24.4 Å². The lowest BCUT2D eigenvalue weighted by Crippen LogP contribution is -2.38. The Hall–Kier alpha value is -4.23. The Labute approximate surface area is 227 Å². The van der Waals surface area contributed by atoms with E-state index in [1.807, 2.05) is 6.92 Å². The fourth-order valence-corrected chi connectivity index (χ4v) is 5.29. The van der Waals surface area contributed by atoms with E-state index in [0.717, 1.165) is 5.56 Å². The van der Waals surface area contributed by atoms with Gasteiger partial charge in [-0.3, -0.25) is 9.29 Å². The van der Waals surface area contributed by atoms with Crippen LogP contribution < -0.4 is 24.2 Å². The SMILES string of the molecule is CN[C@@H](c1ncc(C)cn1)[C@@H](C)S(=O)(=O)Nc1ncc(-c2cccc(OC)n2)n1-c1c(OC)cccc1OC. The van der Waals surface area contributed by atoms with Crippen molar-refractivity contribution >= 4 is 16.0 Å². The fraction of sp³-hybridized carbons (Fsp3) is 0.308. The maximum atomic E-state index is 13.7. The molecule has 39 heavy (non-hydrogen) atoms. The minimum absolute atomic E-state index is 0.0175. The molecule has 1 aromatic carbocycles. The molecule has 0 amide bonds. The van der Waals surface area contributed by atoms with E-state index in [-0.39, 0.29) is 5.95 Å². The first kappa shape index (κ1) is 27.8. The zero-order chi connectivity index (χ0) is 28.2. The number of imidazole rings is 1. The van der Waals surface area contributed by atoms with Crippen molar-refractivity contribution < 1.29 is 22.6 Å². The van der Waals surface area contributed by atoms with Crippen LogP contribution in [0.5, 0.6) is 17.4 Å². The minimum atomic E-state index is -4.04. The van der Waals surface area contributed by atoms with E-state index in [2.05, 4.69) is 30.0 Å². The Balaban J connectivity index is 1.85. The van der Waals surface area contributed by atoms with Gasteiger partial charge in [0.05, 0.1) is 45.0 Å². The molecule has 0 aliphatic carbocycles. The van der Waals surface area contributed by atoms with Gasteiger partial charge >= 0.3 is 0 Å². The van der Waals surface area contributed by atoms with Crippen molar-refractivity contribution in [3.8, 4) is 34.5 Å². The zero-order valence-corrected chi connectivity index (χ0v) is 23.4. The van der Waals surface area contributed by atoms with Gasteiger partial charge in [-0.1, -0.05) is 12.1 Å². The van der Waals surface area contributed by atoms with Crippen LogP contribution in [0.25, 0.3) is 17.1 Å². The molecule has 0 spiro atoms. The fourth-order valence-electron chi connectivity index (χ4n) is 4.09. The summed E-state index contributed by atoms with van der Waals surface area (Å²) in [6.07, 6.45) is 4.82. The highest BCUT2D eigenvalue weighted by Crippen LogP contribution is 2.38. The second-order valence-electron chi connectivity index (χ2n) is 8.62. The van der Waals surface area contributed by atoms with Gasteiger partial charge in [-0.05, 0) is 44.7 Å². The van der Waals surface area contributed by atoms with E-state index >= 15 is 0 Å². The predicted molar refractivity (Wildman–Crippen MR) is 147 cm³/mol. The molecule has 4 rings (SSSR count). The number of rotatable bonds is 11. The minimum Gasteiger partial charge on any atom is -0.494 e. The lowest BCUT2D eigenvalue weighted by molar-refractivity contribution is 0.391. The van der Waals surface area contributed by atoms with Crippen LogP contribution in [0.4, 0.5) is 5.95 Å². The van der Waals surface area contributed by atoms with Crippen molar-refractivity contribution in [2.75, 3.05) is 33.1 Å². The number of sulfonamides is 1. The van der Waals surface area contributed by atoms with Crippen LogP contribution in [0, 0.1) is 6.92 Å². The van der Waals surface area contributed by atoms with E-state index in [1.54, 1.807) is 67.3 Å². The topological polar surface area (TPSA) is 142 Å². The average Bonchev–Trinajstić information content (AvgIpc) is 3.35. The van der Waals surface area contributed by atoms with Gasteiger partial charge in [0.2, 0.25) is 21.9 Å². The highest BCUT2D eigenvalue weighted by Gasteiger charge is 2.33. The molecule has 2 atom stereocenters. The van der Waals surface area contributed by atoms with Crippen molar-refractivity contribution in [1.82, 2.24) is 29.8 Å². The van der Waals surface area contributed by atoms with Gasteiger partial charge in [0.25, 0.3) is 0 Å². The summed E-state index contributed by atoms with van der Waals surface area (Å²) in [6, 6.07) is 9.83. The van der Waals surface area contributed by atoms with Crippen LogP contribution in [-0.2, 0) is 10.0 Å². The highest BCUT2D eigenvalue weighted by atomic mass is 32.2. The van der Waals surface area contributed by atoms with Crippen LogP contribution >= 0.6 is 0 Å². The second kappa shape index (κ2) is 11.7. The number of hydrogen-bond acceptors (Lipinski definition) is 10. The number of para-hydroxylation sites is 1. The van der Waals surface area contributed by atoms with Gasteiger partial charge in [0.1, 0.15) is 28.3 Å². The molecule has 0 fully saturated rings. The number of ether oxygens (including phenoxy) is 3. The Morgan fingerprint density at radius 3 is 2.13 bits per heavy atom. The largest absolute Gasteiger partial charge is 0.494 e. The summed E-state index contributed by atoms with van der Waals surface area (Å²) in [5.74, 6) is 1.64. The maximum absolute atomic E-state index is 13.7. The number of hydrogen-bond donors (Lipinski definition) is 2. The van der Waals surface area contributed by atoms with E-state index in [9.17, 15) is 8.42 Å². The van der Waals surface area contributed by atoms with Gasteiger partial charge < -0.3 is 19.5 Å². The normalized spacial score (nSPS) is 13.0. The first-order chi connectivity index (χ1) is 18.7. The van der Waals surface area contributed by atoms with E-state index in [4.69, 9.17) is 14.2 Å². The lowest BCUT2D eigenvalue weighted by Gasteiger charge is -2.24. The standard InChI is InChI=1S/C26H31N7O5S/c1-16-13-28-25(29-14-16)23(27-3)17(2)39(34,35)32-26-30-15-19(18-9-7-12-22(31-18)38-6)33(26)24-20(36-4)10-8-11-21(24)37-5/h7-15,17,23,27H,1-6H3,(H,30,32)/t17-,23-/m1/s1. The molecule has 13 heteroatoms. The molecule has 0 bridgehead atoms. The Bertz CT molecular complexity index is 1520. The predicted octanol–water partition coefficient (Wildman–Crippen LogP) is 3.15. The molecule has 2 N–H and O–H groups in total. The van der Waals surface area contributed by atoms with Crippen LogP contribution in [0.15, 0.2) is 55.0 Å². The third-order valence-electron chi connectivity index (χ3n) is 6.16. The molecular weight excluding hydrogens is 522 g/mol. The summed E-state index contributed by atoms with van der Waals surface area (Å²) in [6.45, 7) is 3.44. The summed E-state index contributed by atoms with van der Waals surface area (Å²) in [5.41, 5.74) is 2.29. The molecule has 206 valence electrons. The Morgan fingerprint density at radius 2 is 1.54 bits per heavy atom. The van der Waals surface area contributed by atoms with Gasteiger partial charge in [0.15, 0.2) is 0 Å². The molecule has 4 aromatic rings. The number of benzene rings is 1. The monoisotopic (exact) mass is 553 g/mol. The summed E-state index contributed by atoms with van der Waals surface area (Å²) >= 11 is 0. The van der Waals surface area contributed by atoms with Crippen LogP contribution in [-0.4, -0.2) is 66.5 Å². The van der Waals surface area contributed by atoms with Crippen LogP contribution in [0.2, 0.25) is 0 Å². The van der Waals surface area contributed by atoms with Gasteiger partial charge in [-0.25, -0.2) is 28.4 Å². The first-order valence-electron chi connectivity index (χ1n) is 12.0. The van der Waals surface area contributed by atoms with E-state index < -0.39 is 21.3 Å². The van der Waals surface area contributed by atoms with Gasteiger partial charge in [0, 0.05) is 18.5 Å². The zero-order valence-electron chi connectivity index (χ0n) is 22.5. The number of anilines is 1. The summed E-state index contributed by atoms with van der Waals surface area (Å²) in [5, 5.41) is 2.04. The number of pyridine rings is 1. The first-order valence-corrected chi connectivity index (χ1v) is 13.6. The maximum Gasteiger partial charge on any atom is 0.239 e.